The van der Waals surface area contributed by atoms with Crippen molar-refractivity contribution >= 4 is 0 Å². The van der Waals surface area contributed by atoms with E-state index in [0.29, 0.717) is 76.5 Å². The third kappa shape index (κ3) is 7.79. The third-order valence-electron chi connectivity index (χ3n) is 5.67. The fourth-order valence-electron chi connectivity index (χ4n) is 3.80. The second kappa shape index (κ2) is 13.9. The molecule has 6 nitrogen and oxygen atoms in total. The molecule has 0 aromatic carbocycles. The summed E-state index contributed by atoms with van der Waals surface area (Å²) in [6, 6.07) is 0. The van der Waals surface area contributed by atoms with Crippen molar-refractivity contribution in [3.8, 4) is 0 Å². The first-order chi connectivity index (χ1) is 12.5. The summed E-state index contributed by atoms with van der Waals surface area (Å²) in [5.41, 5.74) is 0. The van der Waals surface area contributed by atoms with Crippen molar-refractivity contribution in [3.63, 3.8) is 0 Å². The van der Waals surface area contributed by atoms with Crippen LogP contribution in [0.25, 0.3) is 0 Å². The SMILES string of the molecule is COCCOCCOC1C(C)[C@H](C)[C@H](C)C(OCCOCCOC)[C@@H]1C. The van der Waals surface area contributed by atoms with Crippen LogP contribution in [0.4, 0.5) is 0 Å². The van der Waals surface area contributed by atoms with Gasteiger partial charge in [-0.25, -0.2) is 0 Å². The Morgan fingerprint density at radius 3 is 1.23 bits per heavy atom. The highest BCUT2D eigenvalue weighted by atomic mass is 16.6. The van der Waals surface area contributed by atoms with E-state index in [4.69, 9.17) is 28.4 Å². The Hall–Kier alpha value is -0.240. The Bertz CT molecular complexity index is 310. The van der Waals surface area contributed by atoms with Crippen molar-refractivity contribution in [1.82, 2.24) is 0 Å². The van der Waals surface area contributed by atoms with Crippen LogP contribution < -0.4 is 0 Å². The van der Waals surface area contributed by atoms with Gasteiger partial charge < -0.3 is 28.4 Å². The van der Waals surface area contributed by atoms with E-state index in [1.807, 2.05) is 0 Å². The Labute approximate surface area is 159 Å². The van der Waals surface area contributed by atoms with Crippen LogP contribution in [-0.2, 0) is 28.4 Å². The fourth-order valence-corrected chi connectivity index (χ4v) is 3.80. The minimum atomic E-state index is 0.187. The Kier molecular flexibility index (Phi) is 12.7. The molecule has 0 N–H and O–H groups in total. The highest BCUT2D eigenvalue weighted by Crippen LogP contribution is 2.41. The molecule has 0 saturated heterocycles. The number of hydrogen-bond donors (Lipinski definition) is 0. The summed E-state index contributed by atoms with van der Waals surface area (Å²) in [4.78, 5) is 0. The van der Waals surface area contributed by atoms with E-state index < -0.39 is 0 Å². The lowest BCUT2D eigenvalue weighted by atomic mass is 9.66. The summed E-state index contributed by atoms with van der Waals surface area (Å²) >= 11 is 0. The van der Waals surface area contributed by atoms with Crippen molar-refractivity contribution in [2.24, 2.45) is 23.7 Å². The van der Waals surface area contributed by atoms with Gasteiger partial charge in [0.2, 0.25) is 0 Å². The van der Waals surface area contributed by atoms with Gasteiger partial charge in [0.05, 0.1) is 65.1 Å². The summed E-state index contributed by atoms with van der Waals surface area (Å²) in [5.74, 6) is 1.88. The lowest BCUT2D eigenvalue weighted by Gasteiger charge is -2.47. The lowest BCUT2D eigenvalue weighted by Crippen LogP contribution is -2.51. The topological polar surface area (TPSA) is 55.4 Å². The van der Waals surface area contributed by atoms with Crippen LogP contribution >= 0.6 is 0 Å². The Balaban J connectivity index is 2.41. The first kappa shape index (κ1) is 23.8. The number of ether oxygens (including phenoxy) is 6. The maximum Gasteiger partial charge on any atom is 0.0704 e. The predicted molar refractivity (Wildman–Crippen MR) is 102 cm³/mol. The highest BCUT2D eigenvalue weighted by molar-refractivity contribution is 4.92. The molecule has 1 rings (SSSR count). The molecule has 0 heterocycles. The van der Waals surface area contributed by atoms with E-state index in [1.54, 1.807) is 14.2 Å². The molecule has 0 aliphatic heterocycles. The molecular formula is C20H40O6. The second-order valence-electron chi connectivity index (χ2n) is 7.32. The van der Waals surface area contributed by atoms with Crippen LogP contribution in [0.3, 0.4) is 0 Å². The molecule has 0 amide bonds. The summed E-state index contributed by atoms with van der Waals surface area (Å²) in [5, 5.41) is 0. The molecule has 1 saturated carbocycles. The first-order valence-corrected chi connectivity index (χ1v) is 9.91. The standard InChI is InChI=1S/C20H40O6/c1-15-16(2)19(25-13-11-23-9-7-21-5)18(4)20(17(15)3)26-14-12-24-10-8-22-6/h15-20H,7-14H2,1-6H3/t15-,16+,17?,18+,19?,20?/m1/s1. The molecule has 26 heavy (non-hydrogen) atoms. The maximum absolute atomic E-state index is 6.20. The molecule has 0 bridgehead atoms. The zero-order valence-electron chi connectivity index (χ0n) is 17.6. The normalized spacial score (nSPS) is 32.1. The number of hydrogen-bond acceptors (Lipinski definition) is 6. The van der Waals surface area contributed by atoms with Gasteiger partial charge in [-0.3, -0.25) is 0 Å². The van der Waals surface area contributed by atoms with Gasteiger partial charge in [0, 0.05) is 20.1 Å². The van der Waals surface area contributed by atoms with Crippen molar-refractivity contribution in [2.45, 2.75) is 39.9 Å². The monoisotopic (exact) mass is 376 g/mol. The van der Waals surface area contributed by atoms with Gasteiger partial charge in [0.15, 0.2) is 0 Å². The zero-order valence-corrected chi connectivity index (χ0v) is 17.6. The van der Waals surface area contributed by atoms with E-state index in [-0.39, 0.29) is 12.2 Å². The van der Waals surface area contributed by atoms with Crippen LogP contribution in [0.5, 0.6) is 0 Å². The minimum absolute atomic E-state index is 0.187. The average molecular weight is 377 g/mol. The molecule has 1 aliphatic rings. The van der Waals surface area contributed by atoms with E-state index >= 15 is 0 Å². The third-order valence-corrected chi connectivity index (χ3v) is 5.67. The van der Waals surface area contributed by atoms with E-state index in [1.165, 1.54) is 0 Å². The van der Waals surface area contributed by atoms with Gasteiger partial charge in [-0.1, -0.05) is 27.7 Å². The molecule has 6 heteroatoms. The van der Waals surface area contributed by atoms with Gasteiger partial charge in [-0.05, 0) is 17.8 Å². The van der Waals surface area contributed by atoms with Gasteiger partial charge in [0.25, 0.3) is 0 Å². The molecule has 0 aromatic rings. The molecule has 1 aliphatic carbocycles. The molecule has 156 valence electrons. The summed E-state index contributed by atoms with van der Waals surface area (Å²) in [7, 11) is 3.35. The maximum atomic E-state index is 6.20. The van der Waals surface area contributed by atoms with E-state index in [0.717, 1.165) is 0 Å². The Morgan fingerprint density at radius 2 is 0.846 bits per heavy atom. The van der Waals surface area contributed by atoms with Crippen LogP contribution in [0.15, 0.2) is 0 Å². The lowest BCUT2D eigenvalue weighted by molar-refractivity contribution is -0.158. The fraction of sp³-hybridized carbons (Fsp3) is 1.00. The highest BCUT2D eigenvalue weighted by Gasteiger charge is 2.44. The van der Waals surface area contributed by atoms with Crippen LogP contribution in [0.1, 0.15) is 27.7 Å². The smallest absolute Gasteiger partial charge is 0.0704 e. The van der Waals surface area contributed by atoms with Crippen molar-refractivity contribution in [1.29, 1.82) is 0 Å². The molecular weight excluding hydrogens is 336 g/mol. The molecule has 0 aromatic heterocycles. The van der Waals surface area contributed by atoms with Crippen LogP contribution in [0, 0.1) is 23.7 Å². The van der Waals surface area contributed by atoms with E-state index in [9.17, 15) is 0 Å². The molecule has 0 radical (unpaired) electrons. The second-order valence-corrected chi connectivity index (χ2v) is 7.32. The first-order valence-electron chi connectivity index (χ1n) is 9.91. The zero-order chi connectivity index (χ0) is 19.4. The molecule has 3 unspecified atom stereocenters. The number of methoxy groups -OCH3 is 2. The summed E-state index contributed by atoms with van der Waals surface area (Å²) in [6.07, 6.45) is 0.373. The molecule has 1 fully saturated rings. The van der Waals surface area contributed by atoms with Gasteiger partial charge in [-0.15, -0.1) is 0 Å². The largest absolute Gasteiger partial charge is 0.382 e. The van der Waals surface area contributed by atoms with Crippen LogP contribution in [-0.4, -0.2) is 79.3 Å². The molecule has 0 spiro atoms. The summed E-state index contributed by atoms with van der Waals surface area (Å²) in [6.45, 7) is 14.0. The predicted octanol–water partition coefficient (Wildman–Crippen LogP) is 2.64. The van der Waals surface area contributed by atoms with Crippen molar-refractivity contribution < 1.29 is 28.4 Å². The van der Waals surface area contributed by atoms with E-state index in [2.05, 4.69) is 27.7 Å². The quantitative estimate of drug-likeness (QED) is 0.435. The number of rotatable bonds is 14. The van der Waals surface area contributed by atoms with Gasteiger partial charge >= 0.3 is 0 Å². The molecule has 6 atom stereocenters. The van der Waals surface area contributed by atoms with Gasteiger partial charge in [0.1, 0.15) is 0 Å². The van der Waals surface area contributed by atoms with Crippen LogP contribution in [0.2, 0.25) is 0 Å². The summed E-state index contributed by atoms with van der Waals surface area (Å²) < 4.78 is 33.4. The minimum Gasteiger partial charge on any atom is -0.382 e. The van der Waals surface area contributed by atoms with Crippen molar-refractivity contribution in [3.05, 3.63) is 0 Å². The Morgan fingerprint density at radius 1 is 0.462 bits per heavy atom. The van der Waals surface area contributed by atoms with Crippen molar-refractivity contribution in [2.75, 3.05) is 67.1 Å². The van der Waals surface area contributed by atoms with Gasteiger partial charge in [-0.2, -0.15) is 0 Å². The average Bonchev–Trinajstić information content (AvgIpc) is 2.64.